The van der Waals surface area contributed by atoms with Crippen LogP contribution in [0.1, 0.15) is 36.6 Å². The van der Waals surface area contributed by atoms with Gasteiger partial charge in [0, 0.05) is 11.6 Å². The molecule has 0 atom stereocenters. The van der Waals surface area contributed by atoms with Crippen LogP contribution in [0, 0.1) is 6.92 Å². The standard InChI is InChI=1S/C10H11F2NO2/c1-5-8(10(11)12)13(6-2-3-6)4-7(14)9(5)15/h4,6,10,14H,2-3H2,1H3. The molecule has 0 saturated heterocycles. The van der Waals surface area contributed by atoms with Crippen molar-refractivity contribution in [3.63, 3.8) is 0 Å². The molecule has 1 fully saturated rings. The van der Waals surface area contributed by atoms with Crippen LogP contribution in [-0.4, -0.2) is 9.67 Å². The molecule has 1 aliphatic rings. The average Bonchev–Trinajstić information content (AvgIpc) is 2.95. The summed E-state index contributed by atoms with van der Waals surface area (Å²) in [6.07, 6.45) is 0.0798. The lowest BCUT2D eigenvalue weighted by atomic mass is 10.2. The first-order chi connectivity index (χ1) is 7.02. The Labute approximate surface area is 85.0 Å². The van der Waals surface area contributed by atoms with E-state index in [4.69, 9.17) is 0 Å². The summed E-state index contributed by atoms with van der Waals surface area (Å²) in [6, 6.07) is 0.0131. The van der Waals surface area contributed by atoms with Crippen LogP contribution in [-0.2, 0) is 0 Å². The average molecular weight is 215 g/mol. The molecule has 1 saturated carbocycles. The largest absolute Gasteiger partial charge is 0.503 e. The molecule has 1 aliphatic carbocycles. The molecule has 1 N–H and O–H groups in total. The van der Waals surface area contributed by atoms with E-state index in [-0.39, 0.29) is 17.3 Å². The fourth-order valence-corrected chi connectivity index (χ4v) is 1.69. The highest BCUT2D eigenvalue weighted by atomic mass is 19.3. The lowest BCUT2D eigenvalue weighted by molar-refractivity contribution is 0.138. The second kappa shape index (κ2) is 3.32. The third-order valence-electron chi connectivity index (χ3n) is 2.64. The number of alkyl halides is 2. The zero-order chi connectivity index (χ0) is 11.2. The third kappa shape index (κ3) is 1.62. The maximum atomic E-state index is 12.7. The van der Waals surface area contributed by atoms with Gasteiger partial charge in [-0.1, -0.05) is 0 Å². The van der Waals surface area contributed by atoms with Gasteiger partial charge in [0.2, 0.25) is 5.43 Å². The van der Waals surface area contributed by atoms with E-state index in [1.54, 1.807) is 0 Å². The van der Waals surface area contributed by atoms with E-state index in [0.29, 0.717) is 0 Å². The van der Waals surface area contributed by atoms with Crippen LogP contribution in [0.5, 0.6) is 5.75 Å². The lowest BCUT2D eigenvalue weighted by Crippen LogP contribution is -2.16. The highest BCUT2D eigenvalue weighted by molar-refractivity contribution is 5.30. The summed E-state index contributed by atoms with van der Waals surface area (Å²) >= 11 is 0. The van der Waals surface area contributed by atoms with Gasteiger partial charge in [-0.3, -0.25) is 4.79 Å². The SMILES string of the molecule is Cc1c(C(F)F)n(C2CC2)cc(O)c1=O. The fraction of sp³-hybridized carbons (Fsp3) is 0.500. The van der Waals surface area contributed by atoms with Crippen LogP contribution in [0.25, 0.3) is 0 Å². The van der Waals surface area contributed by atoms with Crippen LogP contribution < -0.4 is 5.43 Å². The van der Waals surface area contributed by atoms with Crippen LogP contribution in [0.2, 0.25) is 0 Å². The van der Waals surface area contributed by atoms with Crippen molar-refractivity contribution in [2.75, 3.05) is 0 Å². The van der Waals surface area contributed by atoms with Crippen molar-refractivity contribution in [3.05, 3.63) is 27.7 Å². The first-order valence-corrected chi connectivity index (χ1v) is 4.75. The zero-order valence-electron chi connectivity index (χ0n) is 8.20. The molecule has 0 amide bonds. The molecular formula is C10H11F2NO2. The Balaban J connectivity index is 2.67. The first kappa shape index (κ1) is 10.1. The maximum absolute atomic E-state index is 12.7. The number of aromatic hydroxyl groups is 1. The van der Waals surface area contributed by atoms with E-state index >= 15 is 0 Å². The first-order valence-electron chi connectivity index (χ1n) is 4.75. The highest BCUT2D eigenvalue weighted by Gasteiger charge is 2.29. The molecule has 0 spiro atoms. The van der Waals surface area contributed by atoms with Gasteiger partial charge in [-0.05, 0) is 19.8 Å². The zero-order valence-corrected chi connectivity index (χ0v) is 8.20. The summed E-state index contributed by atoms with van der Waals surface area (Å²) in [7, 11) is 0. The number of nitrogens with zero attached hydrogens (tertiary/aromatic N) is 1. The van der Waals surface area contributed by atoms with Crippen molar-refractivity contribution in [1.82, 2.24) is 4.57 Å². The summed E-state index contributed by atoms with van der Waals surface area (Å²) in [5.74, 6) is -0.455. The molecule has 1 heterocycles. The third-order valence-corrected chi connectivity index (χ3v) is 2.64. The number of pyridine rings is 1. The molecule has 15 heavy (non-hydrogen) atoms. The highest BCUT2D eigenvalue weighted by Crippen LogP contribution is 2.38. The molecule has 0 bridgehead atoms. The number of aromatic nitrogens is 1. The molecule has 5 heteroatoms. The van der Waals surface area contributed by atoms with Gasteiger partial charge in [-0.2, -0.15) is 0 Å². The van der Waals surface area contributed by atoms with E-state index in [9.17, 15) is 18.7 Å². The Hall–Kier alpha value is -1.39. The molecule has 0 unspecified atom stereocenters. The Kier molecular flexibility index (Phi) is 2.25. The summed E-state index contributed by atoms with van der Waals surface area (Å²) in [5, 5.41) is 9.29. The summed E-state index contributed by atoms with van der Waals surface area (Å²) < 4.78 is 26.8. The molecular weight excluding hydrogens is 204 g/mol. The Morgan fingerprint density at radius 1 is 1.53 bits per heavy atom. The van der Waals surface area contributed by atoms with Crippen LogP contribution in [0.4, 0.5) is 8.78 Å². The number of hydrogen-bond acceptors (Lipinski definition) is 2. The van der Waals surface area contributed by atoms with Crippen molar-refractivity contribution in [2.45, 2.75) is 32.2 Å². The topological polar surface area (TPSA) is 42.2 Å². The van der Waals surface area contributed by atoms with Gasteiger partial charge in [0.25, 0.3) is 6.43 Å². The van der Waals surface area contributed by atoms with Crippen molar-refractivity contribution in [2.24, 2.45) is 0 Å². The minimum Gasteiger partial charge on any atom is -0.503 e. The lowest BCUT2D eigenvalue weighted by Gasteiger charge is -2.14. The van der Waals surface area contributed by atoms with E-state index in [1.165, 1.54) is 11.5 Å². The quantitative estimate of drug-likeness (QED) is 0.821. The van der Waals surface area contributed by atoms with E-state index in [0.717, 1.165) is 19.0 Å². The van der Waals surface area contributed by atoms with Gasteiger partial charge in [0.15, 0.2) is 5.75 Å². The Bertz CT molecular complexity index is 449. The second-order valence-corrected chi connectivity index (χ2v) is 3.79. The van der Waals surface area contributed by atoms with Gasteiger partial charge in [-0.25, -0.2) is 8.78 Å². The van der Waals surface area contributed by atoms with Crippen LogP contribution in [0.15, 0.2) is 11.0 Å². The Morgan fingerprint density at radius 2 is 2.13 bits per heavy atom. The Morgan fingerprint density at radius 3 is 2.60 bits per heavy atom. The van der Waals surface area contributed by atoms with Gasteiger partial charge in [0.1, 0.15) is 0 Å². The number of rotatable bonds is 2. The van der Waals surface area contributed by atoms with Crippen molar-refractivity contribution < 1.29 is 13.9 Å². The van der Waals surface area contributed by atoms with Gasteiger partial charge in [0.05, 0.1) is 11.9 Å². The predicted molar refractivity (Wildman–Crippen MR) is 50.3 cm³/mol. The molecule has 0 aliphatic heterocycles. The van der Waals surface area contributed by atoms with Gasteiger partial charge >= 0.3 is 0 Å². The minimum atomic E-state index is -2.68. The molecule has 2 rings (SSSR count). The van der Waals surface area contributed by atoms with Gasteiger partial charge < -0.3 is 9.67 Å². The van der Waals surface area contributed by atoms with E-state index in [1.807, 2.05) is 0 Å². The monoisotopic (exact) mass is 215 g/mol. The summed E-state index contributed by atoms with van der Waals surface area (Å²) in [5.41, 5.74) is -1.03. The molecule has 82 valence electrons. The van der Waals surface area contributed by atoms with Crippen molar-refractivity contribution in [3.8, 4) is 5.75 Å². The maximum Gasteiger partial charge on any atom is 0.278 e. The molecule has 0 radical (unpaired) electrons. The van der Waals surface area contributed by atoms with Crippen molar-refractivity contribution in [1.29, 1.82) is 0 Å². The summed E-state index contributed by atoms with van der Waals surface area (Å²) in [4.78, 5) is 11.3. The second-order valence-electron chi connectivity index (χ2n) is 3.79. The normalized spacial score (nSPS) is 16.0. The van der Waals surface area contributed by atoms with E-state index in [2.05, 4.69) is 0 Å². The van der Waals surface area contributed by atoms with E-state index < -0.39 is 17.6 Å². The van der Waals surface area contributed by atoms with Gasteiger partial charge in [-0.15, -0.1) is 0 Å². The van der Waals surface area contributed by atoms with Crippen molar-refractivity contribution >= 4 is 0 Å². The fourth-order valence-electron chi connectivity index (χ4n) is 1.69. The number of hydrogen-bond donors (Lipinski definition) is 1. The molecule has 1 aromatic rings. The number of halogens is 2. The minimum absolute atomic E-state index is 0.0131. The molecule has 3 nitrogen and oxygen atoms in total. The molecule has 1 aromatic heterocycles. The van der Waals surface area contributed by atoms with Crippen LogP contribution in [0.3, 0.4) is 0 Å². The van der Waals surface area contributed by atoms with Crippen LogP contribution >= 0.6 is 0 Å². The predicted octanol–water partition coefficient (Wildman–Crippen LogP) is 2.13. The smallest absolute Gasteiger partial charge is 0.278 e. The summed E-state index contributed by atoms with van der Waals surface area (Å²) in [6.45, 7) is 1.32. The molecule has 0 aromatic carbocycles.